The van der Waals surface area contributed by atoms with Gasteiger partial charge in [-0.15, -0.1) is 6.42 Å². The second kappa shape index (κ2) is 6.76. The van der Waals surface area contributed by atoms with Crippen LogP contribution in [0.2, 0.25) is 0 Å². The number of hydrogen-bond acceptors (Lipinski definition) is 5. The van der Waals surface area contributed by atoms with Crippen molar-refractivity contribution in [3.63, 3.8) is 0 Å². The van der Waals surface area contributed by atoms with Crippen LogP contribution in [-0.2, 0) is 4.74 Å². The van der Waals surface area contributed by atoms with Crippen molar-refractivity contribution < 1.29 is 9.84 Å². The minimum Gasteiger partial charge on any atom is -0.394 e. The molecule has 1 rings (SSSR count). The maximum Gasteiger partial charge on any atom is 0.206 e. The van der Waals surface area contributed by atoms with Gasteiger partial charge in [-0.2, -0.15) is 0 Å². The Balaban J connectivity index is 2.28. The van der Waals surface area contributed by atoms with Gasteiger partial charge in [-0.05, 0) is 12.0 Å². The van der Waals surface area contributed by atoms with E-state index < -0.39 is 0 Å². The van der Waals surface area contributed by atoms with Crippen molar-refractivity contribution >= 4 is 5.82 Å². The molecule has 0 aromatic carbocycles. The van der Waals surface area contributed by atoms with E-state index in [4.69, 9.17) is 16.3 Å². The number of nitrogens with zero attached hydrogens (tertiary/aromatic N) is 2. The average molecular weight is 207 g/mol. The highest BCUT2D eigenvalue weighted by Gasteiger charge is 1.95. The molecule has 0 bridgehead atoms. The van der Waals surface area contributed by atoms with Crippen LogP contribution >= 0.6 is 0 Å². The number of rotatable bonds is 6. The summed E-state index contributed by atoms with van der Waals surface area (Å²) >= 11 is 0. The standard InChI is InChI=1S/C10H13N3O2/c1-2-9-11-4-3-10(13-9)12-5-7-15-8-6-14/h1,3-4,14H,5-8H2,(H,11,12,13). The highest BCUT2D eigenvalue weighted by Crippen LogP contribution is 1.99. The van der Waals surface area contributed by atoms with E-state index in [2.05, 4.69) is 21.2 Å². The van der Waals surface area contributed by atoms with Gasteiger partial charge in [-0.1, -0.05) is 0 Å². The molecule has 0 radical (unpaired) electrons. The molecule has 0 aliphatic carbocycles. The lowest BCUT2D eigenvalue weighted by Crippen LogP contribution is -2.12. The molecule has 1 aromatic rings. The number of nitrogens with one attached hydrogen (secondary N) is 1. The lowest BCUT2D eigenvalue weighted by molar-refractivity contribution is 0.0992. The zero-order chi connectivity index (χ0) is 10.9. The Kier molecular flexibility index (Phi) is 5.15. The smallest absolute Gasteiger partial charge is 0.206 e. The molecule has 0 unspecified atom stereocenters. The number of hydrogen-bond donors (Lipinski definition) is 2. The average Bonchev–Trinajstić information content (AvgIpc) is 2.29. The van der Waals surface area contributed by atoms with Gasteiger partial charge in [0.2, 0.25) is 5.82 Å². The molecular formula is C10H13N3O2. The van der Waals surface area contributed by atoms with Crippen LogP contribution in [0.15, 0.2) is 12.3 Å². The van der Waals surface area contributed by atoms with E-state index in [1.807, 2.05) is 0 Å². The highest BCUT2D eigenvalue weighted by atomic mass is 16.5. The van der Waals surface area contributed by atoms with Crippen LogP contribution in [0.5, 0.6) is 0 Å². The maximum atomic E-state index is 8.46. The lowest BCUT2D eigenvalue weighted by Gasteiger charge is -2.05. The Bertz CT molecular complexity index is 336. The van der Waals surface area contributed by atoms with E-state index in [-0.39, 0.29) is 6.61 Å². The van der Waals surface area contributed by atoms with Gasteiger partial charge in [0.25, 0.3) is 0 Å². The minimum atomic E-state index is 0.0365. The second-order valence-corrected chi connectivity index (χ2v) is 2.67. The number of ether oxygens (including phenoxy) is 1. The zero-order valence-electron chi connectivity index (χ0n) is 8.31. The topological polar surface area (TPSA) is 67.3 Å². The summed E-state index contributed by atoms with van der Waals surface area (Å²) in [7, 11) is 0. The largest absolute Gasteiger partial charge is 0.394 e. The molecular weight excluding hydrogens is 194 g/mol. The van der Waals surface area contributed by atoms with Gasteiger partial charge in [-0.3, -0.25) is 0 Å². The van der Waals surface area contributed by atoms with Crippen molar-refractivity contribution in [2.45, 2.75) is 0 Å². The van der Waals surface area contributed by atoms with E-state index in [9.17, 15) is 0 Å². The van der Waals surface area contributed by atoms with Crippen molar-refractivity contribution in [2.24, 2.45) is 0 Å². The Morgan fingerprint density at radius 3 is 3.13 bits per heavy atom. The summed E-state index contributed by atoms with van der Waals surface area (Å²) in [5.74, 6) is 3.38. The third kappa shape index (κ3) is 4.40. The van der Waals surface area contributed by atoms with Crippen LogP contribution in [0.3, 0.4) is 0 Å². The molecule has 5 heteroatoms. The summed E-state index contributed by atoms with van der Waals surface area (Å²) in [6, 6.07) is 1.73. The molecule has 15 heavy (non-hydrogen) atoms. The number of anilines is 1. The normalized spacial score (nSPS) is 9.60. The summed E-state index contributed by atoms with van der Waals surface area (Å²) < 4.78 is 5.06. The van der Waals surface area contributed by atoms with Gasteiger partial charge in [0.1, 0.15) is 5.82 Å². The Hall–Kier alpha value is -1.64. The minimum absolute atomic E-state index is 0.0365. The molecule has 0 fully saturated rings. The zero-order valence-corrected chi connectivity index (χ0v) is 8.31. The van der Waals surface area contributed by atoms with Crippen molar-refractivity contribution in [2.75, 3.05) is 31.7 Å². The first-order valence-corrected chi connectivity index (χ1v) is 4.59. The van der Waals surface area contributed by atoms with E-state index in [1.54, 1.807) is 12.3 Å². The SMILES string of the molecule is C#Cc1nccc(NCCOCCO)n1. The van der Waals surface area contributed by atoms with E-state index >= 15 is 0 Å². The van der Waals surface area contributed by atoms with E-state index in [0.29, 0.717) is 31.4 Å². The summed E-state index contributed by atoms with van der Waals surface area (Å²) in [6.45, 7) is 1.51. The molecule has 0 saturated carbocycles. The number of aliphatic hydroxyl groups excluding tert-OH is 1. The third-order valence-corrected chi connectivity index (χ3v) is 1.57. The predicted octanol–water partition coefficient (Wildman–Crippen LogP) is -0.121. The molecule has 0 amide bonds. The first kappa shape index (κ1) is 11.4. The summed E-state index contributed by atoms with van der Waals surface area (Å²) in [5, 5.41) is 11.5. The van der Waals surface area contributed by atoms with Gasteiger partial charge in [0.05, 0.1) is 19.8 Å². The fourth-order valence-electron chi connectivity index (χ4n) is 0.945. The molecule has 5 nitrogen and oxygen atoms in total. The van der Waals surface area contributed by atoms with Gasteiger partial charge in [-0.25, -0.2) is 9.97 Å². The molecule has 0 saturated heterocycles. The van der Waals surface area contributed by atoms with E-state index in [1.165, 1.54) is 0 Å². The molecule has 0 aliphatic rings. The molecule has 1 heterocycles. The molecule has 1 aromatic heterocycles. The highest BCUT2D eigenvalue weighted by molar-refractivity contribution is 5.35. The van der Waals surface area contributed by atoms with Crippen LogP contribution in [0.1, 0.15) is 5.82 Å². The van der Waals surface area contributed by atoms with Crippen LogP contribution in [0.25, 0.3) is 0 Å². The number of aromatic nitrogens is 2. The fourth-order valence-corrected chi connectivity index (χ4v) is 0.945. The molecule has 0 aliphatic heterocycles. The number of aliphatic hydroxyl groups is 1. The second-order valence-electron chi connectivity index (χ2n) is 2.67. The third-order valence-electron chi connectivity index (χ3n) is 1.57. The quantitative estimate of drug-likeness (QED) is 0.503. The van der Waals surface area contributed by atoms with E-state index in [0.717, 1.165) is 0 Å². The van der Waals surface area contributed by atoms with Crippen molar-refractivity contribution in [3.8, 4) is 12.3 Å². The molecule has 80 valence electrons. The first-order chi connectivity index (χ1) is 7.36. The van der Waals surface area contributed by atoms with Crippen molar-refractivity contribution in [1.29, 1.82) is 0 Å². The van der Waals surface area contributed by atoms with Crippen LogP contribution in [-0.4, -0.2) is 41.4 Å². The van der Waals surface area contributed by atoms with Gasteiger partial charge >= 0.3 is 0 Å². The van der Waals surface area contributed by atoms with Gasteiger partial charge in [0.15, 0.2) is 0 Å². The monoisotopic (exact) mass is 207 g/mol. The summed E-state index contributed by atoms with van der Waals surface area (Å²) in [6.07, 6.45) is 6.75. The maximum absolute atomic E-state index is 8.46. The Morgan fingerprint density at radius 1 is 1.53 bits per heavy atom. The van der Waals surface area contributed by atoms with Crippen LogP contribution in [0, 0.1) is 12.3 Å². The van der Waals surface area contributed by atoms with Crippen LogP contribution in [0.4, 0.5) is 5.82 Å². The lowest BCUT2D eigenvalue weighted by atomic mass is 10.5. The summed E-state index contributed by atoms with van der Waals surface area (Å²) in [4.78, 5) is 7.91. The number of terminal acetylenes is 1. The predicted molar refractivity (Wildman–Crippen MR) is 56.4 cm³/mol. The Morgan fingerprint density at radius 2 is 2.40 bits per heavy atom. The van der Waals surface area contributed by atoms with Gasteiger partial charge < -0.3 is 15.2 Å². The molecule has 2 N–H and O–H groups in total. The Labute approximate surface area is 88.5 Å². The van der Waals surface area contributed by atoms with Gasteiger partial charge in [0, 0.05) is 12.7 Å². The molecule has 0 atom stereocenters. The molecule has 0 spiro atoms. The summed E-state index contributed by atoms with van der Waals surface area (Å²) in [5.41, 5.74) is 0. The van der Waals surface area contributed by atoms with Crippen molar-refractivity contribution in [1.82, 2.24) is 9.97 Å². The van der Waals surface area contributed by atoms with Crippen LogP contribution < -0.4 is 5.32 Å². The van der Waals surface area contributed by atoms with Crippen molar-refractivity contribution in [3.05, 3.63) is 18.1 Å². The first-order valence-electron chi connectivity index (χ1n) is 4.59. The fraction of sp³-hybridized carbons (Fsp3) is 0.400.